The predicted octanol–water partition coefficient (Wildman–Crippen LogP) is 4.66. The third kappa shape index (κ3) is 7.60. The van der Waals surface area contributed by atoms with Crippen LogP contribution in [-0.2, 0) is 9.47 Å². The van der Waals surface area contributed by atoms with Gasteiger partial charge in [0.25, 0.3) is 0 Å². The van der Waals surface area contributed by atoms with Crippen LogP contribution in [0.3, 0.4) is 0 Å². The van der Waals surface area contributed by atoms with Gasteiger partial charge in [0.05, 0.1) is 6.04 Å². The number of amides is 3. The van der Waals surface area contributed by atoms with Crippen molar-refractivity contribution in [3.63, 3.8) is 0 Å². The summed E-state index contributed by atoms with van der Waals surface area (Å²) >= 11 is 0. The lowest BCUT2D eigenvalue weighted by atomic mass is 9.97. The number of urea groups is 1. The van der Waals surface area contributed by atoms with E-state index in [0.29, 0.717) is 18.5 Å². The van der Waals surface area contributed by atoms with Gasteiger partial charge in [0.2, 0.25) is 0 Å². The Balaban J connectivity index is 1.32. The molecule has 206 valence electrons. The van der Waals surface area contributed by atoms with Crippen molar-refractivity contribution >= 4 is 12.1 Å². The Kier molecular flexibility index (Phi) is 9.35. The number of rotatable bonds is 8. The number of likely N-dealkylation sites (tertiary alicyclic amines) is 1. The van der Waals surface area contributed by atoms with Gasteiger partial charge < -0.3 is 29.5 Å². The molecular formula is C29H46N4O4. The fraction of sp³-hybridized carbons (Fsp3) is 0.724. The van der Waals surface area contributed by atoms with Crippen molar-refractivity contribution in [3.05, 3.63) is 35.9 Å². The number of hydrogen-bond donors (Lipinski definition) is 1. The molecule has 2 unspecified atom stereocenters. The molecular weight excluding hydrogens is 468 g/mol. The van der Waals surface area contributed by atoms with Crippen LogP contribution in [0, 0.1) is 5.92 Å². The fourth-order valence-electron chi connectivity index (χ4n) is 5.90. The number of nitrogens with one attached hydrogen (secondary N) is 1. The molecule has 0 aliphatic carbocycles. The first kappa shape index (κ1) is 27.7. The molecule has 0 aromatic heterocycles. The predicted molar refractivity (Wildman–Crippen MR) is 144 cm³/mol. The second-order valence-corrected chi connectivity index (χ2v) is 11.9. The van der Waals surface area contributed by atoms with E-state index in [1.807, 2.05) is 26.8 Å². The highest BCUT2D eigenvalue weighted by atomic mass is 16.6. The Bertz CT molecular complexity index is 876. The Hall–Kier alpha value is -2.32. The van der Waals surface area contributed by atoms with E-state index in [0.717, 1.165) is 71.5 Å². The lowest BCUT2D eigenvalue weighted by Gasteiger charge is -2.41. The van der Waals surface area contributed by atoms with Crippen LogP contribution in [0.1, 0.15) is 71.4 Å². The molecule has 3 aliphatic rings. The molecule has 0 radical (unpaired) electrons. The van der Waals surface area contributed by atoms with Crippen LogP contribution in [0.2, 0.25) is 0 Å². The largest absolute Gasteiger partial charge is 0.444 e. The van der Waals surface area contributed by atoms with E-state index >= 15 is 0 Å². The van der Waals surface area contributed by atoms with Crippen LogP contribution in [0.4, 0.5) is 9.59 Å². The summed E-state index contributed by atoms with van der Waals surface area (Å²) in [5.41, 5.74) is 0.747. The van der Waals surface area contributed by atoms with Crippen molar-refractivity contribution in [2.75, 3.05) is 45.9 Å². The van der Waals surface area contributed by atoms with E-state index in [2.05, 4.69) is 51.2 Å². The van der Waals surface area contributed by atoms with Crippen LogP contribution >= 0.6 is 0 Å². The number of benzene rings is 1. The van der Waals surface area contributed by atoms with Gasteiger partial charge in [0, 0.05) is 58.0 Å². The highest BCUT2D eigenvalue weighted by Crippen LogP contribution is 2.36. The fourth-order valence-corrected chi connectivity index (χ4v) is 5.90. The van der Waals surface area contributed by atoms with Crippen molar-refractivity contribution in [1.29, 1.82) is 0 Å². The third-order valence-corrected chi connectivity index (χ3v) is 7.97. The van der Waals surface area contributed by atoms with Crippen molar-refractivity contribution in [2.24, 2.45) is 5.92 Å². The number of nitrogens with zero attached hydrogens (tertiary/aromatic N) is 3. The number of piperidine rings is 1. The van der Waals surface area contributed by atoms with E-state index in [-0.39, 0.29) is 24.2 Å². The standard InChI is InChI=1S/C29H46N4O4/c1-22(10-15-30-27(34)37-29(2,3)4)31-16-11-25(12-17-31)33-26(24-8-6-5-7-9-24)21-32(28(33)35)20-23-13-18-36-19-14-23/h5-9,22-23,25-26H,10-21H2,1-4H3,(H,30,34). The summed E-state index contributed by atoms with van der Waals surface area (Å²) in [6.07, 6.45) is 4.55. The van der Waals surface area contributed by atoms with E-state index < -0.39 is 5.60 Å². The molecule has 2 atom stereocenters. The van der Waals surface area contributed by atoms with Gasteiger partial charge >= 0.3 is 12.1 Å². The highest BCUT2D eigenvalue weighted by Gasteiger charge is 2.43. The Labute approximate surface area is 222 Å². The molecule has 3 fully saturated rings. The first-order valence-electron chi connectivity index (χ1n) is 14.1. The maximum atomic E-state index is 13.7. The molecule has 0 spiro atoms. The molecule has 1 N–H and O–H groups in total. The quantitative estimate of drug-likeness (QED) is 0.546. The Morgan fingerprint density at radius 3 is 2.43 bits per heavy atom. The zero-order chi connectivity index (χ0) is 26.4. The maximum Gasteiger partial charge on any atom is 0.407 e. The number of hydrogen-bond acceptors (Lipinski definition) is 5. The van der Waals surface area contributed by atoms with Gasteiger partial charge in [-0.1, -0.05) is 30.3 Å². The minimum atomic E-state index is -0.484. The van der Waals surface area contributed by atoms with E-state index in [9.17, 15) is 9.59 Å². The van der Waals surface area contributed by atoms with Gasteiger partial charge in [-0.25, -0.2) is 9.59 Å². The van der Waals surface area contributed by atoms with E-state index in [4.69, 9.17) is 9.47 Å². The third-order valence-electron chi connectivity index (χ3n) is 7.97. The second-order valence-electron chi connectivity index (χ2n) is 11.9. The summed E-state index contributed by atoms with van der Waals surface area (Å²) < 4.78 is 10.9. The van der Waals surface area contributed by atoms with Crippen molar-refractivity contribution < 1.29 is 19.1 Å². The van der Waals surface area contributed by atoms with Crippen molar-refractivity contribution in [2.45, 2.75) is 83.5 Å². The molecule has 4 rings (SSSR count). The number of alkyl carbamates (subject to hydrolysis) is 1. The topological polar surface area (TPSA) is 74.4 Å². The Morgan fingerprint density at radius 2 is 1.78 bits per heavy atom. The van der Waals surface area contributed by atoms with Gasteiger partial charge in [-0.3, -0.25) is 0 Å². The van der Waals surface area contributed by atoms with Crippen LogP contribution < -0.4 is 5.32 Å². The van der Waals surface area contributed by atoms with Gasteiger partial charge in [-0.2, -0.15) is 0 Å². The molecule has 8 heteroatoms. The molecule has 0 saturated carbocycles. The summed E-state index contributed by atoms with van der Waals surface area (Å²) in [6.45, 7) is 13.6. The highest BCUT2D eigenvalue weighted by molar-refractivity contribution is 5.78. The zero-order valence-electron chi connectivity index (χ0n) is 23.2. The molecule has 37 heavy (non-hydrogen) atoms. The minimum absolute atomic E-state index is 0.112. The summed E-state index contributed by atoms with van der Waals surface area (Å²) in [4.78, 5) is 32.5. The van der Waals surface area contributed by atoms with Gasteiger partial charge in [-0.15, -0.1) is 0 Å². The molecule has 0 bridgehead atoms. The maximum absolute atomic E-state index is 13.7. The van der Waals surface area contributed by atoms with Crippen molar-refractivity contribution in [1.82, 2.24) is 20.0 Å². The molecule has 3 heterocycles. The molecule has 1 aromatic rings. The first-order valence-corrected chi connectivity index (χ1v) is 14.1. The molecule has 1 aromatic carbocycles. The normalized spacial score (nSPS) is 23.4. The monoisotopic (exact) mass is 514 g/mol. The van der Waals surface area contributed by atoms with E-state index in [1.54, 1.807) is 0 Å². The second kappa shape index (κ2) is 12.5. The average Bonchev–Trinajstić information content (AvgIpc) is 3.20. The number of carbonyl (C=O) groups is 2. The summed E-state index contributed by atoms with van der Waals surface area (Å²) in [5, 5.41) is 2.88. The zero-order valence-corrected chi connectivity index (χ0v) is 23.2. The van der Waals surface area contributed by atoms with Crippen LogP contribution in [0.15, 0.2) is 30.3 Å². The average molecular weight is 515 g/mol. The van der Waals surface area contributed by atoms with Crippen molar-refractivity contribution in [3.8, 4) is 0 Å². The molecule has 3 saturated heterocycles. The first-order chi connectivity index (χ1) is 17.7. The van der Waals surface area contributed by atoms with Gasteiger partial charge in [0.15, 0.2) is 0 Å². The molecule has 3 amide bonds. The van der Waals surface area contributed by atoms with Crippen LogP contribution in [-0.4, -0.2) is 90.4 Å². The van der Waals surface area contributed by atoms with Gasteiger partial charge in [-0.05, 0) is 71.3 Å². The lowest BCUT2D eigenvalue weighted by molar-refractivity contribution is 0.0517. The summed E-state index contributed by atoms with van der Waals surface area (Å²) in [7, 11) is 0. The smallest absolute Gasteiger partial charge is 0.407 e. The molecule has 8 nitrogen and oxygen atoms in total. The summed E-state index contributed by atoms with van der Waals surface area (Å²) in [6, 6.07) is 11.5. The Morgan fingerprint density at radius 1 is 1.11 bits per heavy atom. The molecule has 3 aliphatic heterocycles. The number of ether oxygens (including phenoxy) is 2. The minimum Gasteiger partial charge on any atom is -0.444 e. The SMILES string of the molecule is CC(CCNC(=O)OC(C)(C)C)N1CCC(N2C(=O)N(CC3CCOCC3)CC2c2ccccc2)CC1. The number of carbonyl (C=O) groups excluding carboxylic acids is 2. The van der Waals surface area contributed by atoms with Gasteiger partial charge in [0.1, 0.15) is 5.60 Å². The van der Waals surface area contributed by atoms with E-state index in [1.165, 1.54) is 5.56 Å². The summed E-state index contributed by atoms with van der Waals surface area (Å²) in [5.74, 6) is 0.533. The van der Waals surface area contributed by atoms with Crippen LogP contribution in [0.25, 0.3) is 0 Å². The van der Waals surface area contributed by atoms with Crippen LogP contribution in [0.5, 0.6) is 0 Å². The lowest BCUT2D eigenvalue weighted by Crippen LogP contribution is -2.49.